The fourth-order valence-corrected chi connectivity index (χ4v) is 1.99. The molecule has 2 rings (SSSR count). The van der Waals surface area contributed by atoms with Crippen molar-refractivity contribution in [3.8, 4) is 5.75 Å². The summed E-state index contributed by atoms with van der Waals surface area (Å²) in [5.74, 6) is 0.535. The maximum Gasteiger partial charge on any atom is 0.327 e. The highest BCUT2D eigenvalue weighted by Crippen LogP contribution is 2.16. The quantitative estimate of drug-likeness (QED) is 0.844. The molecule has 1 aliphatic rings. The van der Waals surface area contributed by atoms with E-state index in [0.717, 1.165) is 24.2 Å². The van der Waals surface area contributed by atoms with Gasteiger partial charge in [0.25, 0.3) is 0 Å². The first kappa shape index (κ1) is 16.8. The third-order valence-corrected chi connectivity index (χ3v) is 3.14. The van der Waals surface area contributed by atoms with Gasteiger partial charge in [0.1, 0.15) is 5.75 Å². The zero-order valence-corrected chi connectivity index (χ0v) is 12.3. The molecule has 0 aliphatic carbocycles. The van der Waals surface area contributed by atoms with Crippen molar-refractivity contribution in [2.24, 2.45) is 5.92 Å². The number of hydrogen-bond acceptors (Lipinski definition) is 5. The molecule has 1 heterocycles. The van der Waals surface area contributed by atoms with Crippen molar-refractivity contribution in [2.45, 2.75) is 19.4 Å². The fraction of sp³-hybridized carbons (Fsp3) is 0.500. The topological polar surface area (TPSA) is 56.8 Å². The molecule has 1 aromatic rings. The van der Waals surface area contributed by atoms with Gasteiger partial charge in [-0.1, -0.05) is 12.1 Å². The predicted molar refractivity (Wildman–Crippen MR) is 76.7 cm³/mol. The Morgan fingerprint density at radius 2 is 2.15 bits per heavy atom. The average molecular weight is 302 g/mol. The molecule has 20 heavy (non-hydrogen) atoms. The summed E-state index contributed by atoms with van der Waals surface area (Å²) in [5.41, 5.74) is 3.70. The minimum Gasteiger partial charge on any atom is -0.497 e. The van der Waals surface area contributed by atoms with Crippen LogP contribution in [-0.4, -0.2) is 26.3 Å². The van der Waals surface area contributed by atoms with Gasteiger partial charge in [-0.2, -0.15) is 0 Å². The number of carbonyl (C=O) groups excluding carboxylic acids is 1. The zero-order valence-electron chi connectivity index (χ0n) is 11.5. The van der Waals surface area contributed by atoms with Crippen molar-refractivity contribution in [1.82, 2.24) is 5.48 Å². The van der Waals surface area contributed by atoms with Gasteiger partial charge in [-0.15, -0.1) is 17.9 Å². The summed E-state index contributed by atoms with van der Waals surface area (Å²) in [6.07, 6.45) is 1.47. The summed E-state index contributed by atoms with van der Waals surface area (Å²) in [4.78, 5) is 16.8. The normalized spacial score (nSPS) is 15.2. The van der Waals surface area contributed by atoms with Crippen molar-refractivity contribution < 1.29 is 19.1 Å². The molecule has 5 nitrogen and oxygen atoms in total. The van der Waals surface area contributed by atoms with Gasteiger partial charge in [0.15, 0.2) is 0 Å². The predicted octanol–water partition coefficient (Wildman–Crippen LogP) is 2.09. The van der Waals surface area contributed by atoms with Crippen LogP contribution in [0.4, 0.5) is 0 Å². The van der Waals surface area contributed by atoms with Crippen LogP contribution < -0.4 is 10.2 Å². The number of halogens is 1. The van der Waals surface area contributed by atoms with E-state index in [2.05, 4.69) is 5.48 Å². The molecule has 1 N–H and O–H groups in total. The highest BCUT2D eigenvalue weighted by atomic mass is 35.5. The summed E-state index contributed by atoms with van der Waals surface area (Å²) in [6.45, 7) is 1.73. The maximum absolute atomic E-state index is 11.7. The Morgan fingerprint density at radius 3 is 2.85 bits per heavy atom. The van der Waals surface area contributed by atoms with E-state index in [1.54, 1.807) is 7.11 Å². The molecule has 0 bridgehead atoms. The second-order valence-corrected chi connectivity index (χ2v) is 4.48. The Kier molecular flexibility index (Phi) is 7.36. The number of methoxy groups -OCH3 is 1. The first-order valence-corrected chi connectivity index (χ1v) is 6.44. The van der Waals surface area contributed by atoms with Crippen LogP contribution in [0, 0.1) is 5.92 Å². The van der Waals surface area contributed by atoms with E-state index in [4.69, 9.17) is 14.3 Å². The van der Waals surface area contributed by atoms with E-state index in [-0.39, 0.29) is 24.3 Å². The number of nitrogens with one attached hydrogen (secondary N) is 1. The van der Waals surface area contributed by atoms with Crippen molar-refractivity contribution in [3.63, 3.8) is 0 Å². The third kappa shape index (κ3) is 5.00. The number of ether oxygens (including phenoxy) is 2. The molecule has 112 valence electrons. The maximum atomic E-state index is 11.7. The van der Waals surface area contributed by atoms with E-state index >= 15 is 0 Å². The highest BCUT2D eigenvalue weighted by Gasteiger charge is 2.23. The summed E-state index contributed by atoms with van der Waals surface area (Å²) in [5, 5.41) is 0. The number of rotatable bonds is 5. The minimum absolute atomic E-state index is 0. The largest absolute Gasteiger partial charge is 0.497 e. The Bertz CT molecular complexity index is 421. The summed E-state index contributed by atoms with van der Waals surface area (Å²) < 4.78 is 10.3. The Hall–Kier alpha value is -1.30. The van der Waals surface area contributed by atoms with Crippen LogP contribution in [0.1, 0.15) is 18.4 Å². The van der Waals surface area contributed by atoms with Crippen LogP contribution in [0.3, 0.4) is 0 Å². The van der Waals surface area contributed by atoms with Crippen LogP contribution in [0.25, 0.3) is 0 Å². The minimum atomic E-state index is -0.203. The second-order valence-electron chi connectivity index (χ2n) is 4.48. The Balaban J connectivity index is 0.00000200. The van der Waals surface area contributed by atoms with Gasteiger partial charge in [-0.05, 0) is 30.5 Å². The molecule has 0 saturated carbocycles. The van der Waals surface area contributed by atoms with Gasteiger partial charge in [0.2, 0.25) is 0 Å². The molecule has 1 fully saturated rings. The molecular formula is C14H20ClNO4. The molecule has 0 spiro atoms. The van der Waals surface area contributed by atoms with E-state index in [9.17, 15) is 4.79 Å². The molecule has 1 aliphatic heterocycles. The average Bonchev–Trinajstić information content (AvgIpc) is 2.48. The number of hydroxylamine groups is 1. The smallest absolute Gasteiger partial charge is 0.327 e. The molecular weight excluding hydrogens is 282 g/mol. The van der Waals surface area contributed by atoms with Crippen molar-refractivity contribution in [2.75, 3.05) is 20.3 Å². The lowest BCUT2D eigenvalue weighted by atomic mass is 10.0. The molecule has 0 unspecified atom stereocenters. The van der Waals surface area contributed by atoms with Gasteiger partial charge < -0.3 is 14.3 Å². The van der Waals surface area contributed by atoms with Gasteiger partial charge in [0.05, 0.1) is 19.6 Å². The second kappa shape index (κ2) is 8.79. The van der Waals surface area contributed by atoms with Crippen molar-refractivity contribution >= 4 is 18.4 Å². The zero-order chi connectivity index (χ0) is 13.5. The molecule has 0 aromatic heterocycles. The highest BCUT2D eigenvalue weighted by molar-refractivity contribution is 5.85. The molecule has 1 aromatic carbocycles. The van der Waals surface area contributed by atoms with Gasteiger partial charge in [-0.25, -0.2) is 0 Å². The van der Waals surface area contributed by atoms with Crippen LogP contribution in [-0.2, 0) is 20.9 Å². The SMILES string of the molecule is COc1cccc(CNOC(=O)C2CCOCC2)c1.Cl. The fourth-order valence-electron chi connectivity index (χ4n) is 1.99. The van der Waals surface area contributed by atoms with Gasteiger partial charge >= 0.3 is 5.97 Å². The van der Waals surface area contributed by atoms with Crippen LogP contribution in [0.15, 0.2) is 24.3 Å². The summed E-state index contributed by atoms with van der Waals surface area (Å²) in [7, 11) is 1.62. The van der Waals surface area contributed by atoms with Crippen molar-refractivity contribution in [1.29, 1.82) is 0 Å². The van der Waals surface area contributed by atoms with E-state index < -0.39 is 0 Å². The van der Waals surface area contributed by atoms with E-state index in [0.29, 0.717) is 19.8 Å². The molecule has 6 heteroatoms. The molecule has 0 atom stereocenters. The lowest BCUT2D eigenvalue weighted by molar-refractivity contribution is -0.159. The Morgan fingerprint density at radius 1 is 1.40 bits per heavy atom. The molecule has 0 amide bonds. The lowest BCUT2D eigenvalue weighted by Crippen LogP contribution is -2.29. The van der Waals surface area contributed by atoms with Crippen LogP contribution in [0.5, 0.6) is 5.75 Å². The number of benzene rings is 1. The number of hydrogen-bond donors (Lipinski definition) is 1. The third-order valence-electron chi connectivity index (χ3n) is 3.14. The summed E-state index contributed by atoms with van der Waals surface area (Å²) in [6, 6.07) is 7.61. The van der Waals surface area contributed by atoms with E-state index in [1.807, 2.05) is 24.3 Å². The summed E-state index contributed by atoms with van der Waals surface area (Å²) >= 11 is 0. The monoisotopic (exact) mass is 301 g/mol. The standard InChI is InChI=1S/C14H19NO4.ClH/c1-17-13-4-2-3-11(9-13)10-15-19-14(16)12-5-7-18-8-6-12;/h2-4,9,12,15H,5-8,10H2,1H3;1H. The van der Waals surface area contributed by atoms with Gasteiger partial charge in [0, 0.05) is 13.2 Å². The first-order chi connectivity index (χ1) is 9.29. The van der Waals surface area contributed by atoms with Crippen LogP contribution >= 0.6 is 12.4 Å². The van der Waals surface area contributed by atoms with Crippen molar-refractivity contribution in [3.05, 3.63) is 29.8 Å². The number of carbonyl (C=O) groups is 1. The van der Waals surface area contributed by atoms with Gasteiger partial charge in [-0.3, -0.25) is 4.79 Å². The molecule has 1 saturated heterocycles. The lowest BCUT2D eigenvalue weighted by Gasteiger charge is -2.20. The Labute approximate surface area is 125 Å². The first-order valence-electron chi connectivity index (χ1n) is 6.44. The van der Waals surface area contributed by atoms with E-state index in [1.165, 1.54) is 0 Å². The molecule has 0 radical (unpaired) electrons. The van der Waals surface area contributed by atoms with Crippen LogP contribution in [0.2, 0.25) is 0 Å².